The van der Waals surface area contributed by atoms with Gasteiger partial charge in [0.1, 0.15) is 0 Å². The van der Waals surface area contributed by atoms with Gasteiger partial charge in [-0.15, -0.1) is 0 Å². The molecule has 1 atom stereocenters. The van der Waals surface area contributed by atoms with Crippen molar-refractivity contribution in [3.63, 3.8) is 0 Å². The van der Waals surface area contributed by atoms with Gasteiger partial charge < -0.3 is 10.1 Å². The summed E-state index contributed by atoms with van der Waals surface area (Å²) in [4.78, 5) is 11.9. The molecule has 1 aromatic heterocycles. The lowest BCUT2D eigenvalue weighted by molar-refractivity contribution is 0.222. The van der Waals surface area contributed by atoms with Crippen LogP contribution in [0, 0.1) is 0 Å². The average molecular weight is 321 g/mol. The van der Waals surface area contributed by atoms with Gasteiger partial charge in [0.2, 0.25) is 11.2 Å². The molecule has 0 radical (unpaired) electrons. The van der Waals surface area contributed by atoms with Crippen LogP contribution in [0.1, 0.15) is 26.7 Å². The van der Waals surface area contributed by atoms with E-state index in [0.29, 0.717) is 6.42 Å². The molecule has 20 heavy (non-hydrogen) atoms. The molecular weight excluding hydrogens is 304 g/mol. The zero-order chi connectivity index (χ0) is 14.8. The predicted molar refractivity (Wildman–Crippen MR) is 75.9 cm³/mol. The van der Waals surface area contributed by atoms with Crippen LogP contribution in [-0.2, 0) is 9.84 Å². The van der Waals surface area contributed by atoms with Crippen molar-refractivity contribution in [2.75, 3.05) is 16.8 Å². The smallest absolute Gasteiger partial charge is 0.322 e. The molecule has 1 N–H and O–H groups in total. The number of rotatable bonds is 4. The molecule has 0 aromatic carbocycles. The Bertz CT molecular complexity index is 579. The van der Waals surface area contributed by atoms with Gasteiger partial charge in [-0.2, -0.15) is 15.0 Å². The Hall–Kier alpha value is -1.15. The molecule has 1 aliphatic rings. The second kappa shape index (κ2) is 6.09. The van der Waals surface area contributed by atoms with Crippen LogP contribution in [0.3, 0.4) is 0 Å². The normalized spacial score (nSPS) is 21.7. The van der Waals surface area contributed by atoms with E-state index in [9.17, 15) is 8.42 Å². The molecule has 1 aromatic rings. The number of hydrogen-bond donors (Lipinski definition) is 1. The lowest BCUT2D eigenvalue weighted by atomic mass is 10.2. The van der Waals surface area contributed by atoms with Gasteiger partial charge in [-0.1, -0.05) is 0 Å². The first-order valence-electron chi connectivity index (χ1n) is 6.39. The Morgan fingerprint density at radius 1 is 1.35 bits per heavy atom. The van der Waals surface area contributed by atoms with Crippen molar-refractivity contribution >= 4 is 27.4 Å². The molecule has 2 heterocycles. The lowest BCUT2D eigenvalue weighted by Gasteiger charge is -2.23. The van der Waals surface area contributed by atoms with Gasteiger partial charge >= 0.3 is 6.01 Å². The fourth-order valence-corrected chi connectivity index (χ4v) is 3.77. The minimum absolute atomic E-state index is 0.0109. The van der Waals surface area contributed by atoms with Gasteiger partial charge in [0.05, 0.1) is 17.6 Å². The fraction of sp³-hybridized carbons (Fsp3) is 0.727. The molecule has 0 amide bonds. The maximum absolute atomic E-state index is 11.6. The van der Waals surface area contributed by atoms with Gasteiger partial charge in [0, 0.05) is 6.04 Å². The minimum Gasteiger partial charge on any atom is -0.461 e. The summed E-state index contributed by atoms with van der Waals surface area (Å²) in [6, 6.07) is -0.0831. The molecule has 1 aliphatic heterocycles. The van der Waals surface area contributed by atoms with Crippen LogP contribution in [0.5, 0.6) is 6.01 Å². The first-order valence-corrected chi connectivity index (χ1v) is 8.59. The highest BCUT2D eigenvalue weighted by molar-refractivity contribution is 7.91. The molecule has 0 aliphatic carbocycles. The van der Waals surface area contributed by atoms with Crippen LogP contribution < -0.4 is 10.1 Å². The standard InChI is InChI=1S/C11H17ClN4O3S/c1-7(2)19-11-15-9(12)14-10(16-11)13-8-4-3-5-20(17,18)6-8/h7-8H,3-6H2,1-2H3,(H,13,14,15,16). The predicted octanol–water partition coefficient (Wildman–Crippen LogP) is 1.30. The minimum atomic E-state index is -2.99. The van der Waals surface area contributed by atoms with Gasteiger partial charge in [-0.05, 0) is 38.3 Å². The number of anilines is 1. The Morgan fingerprint density at radius 3 is 2.75 bits per heavy atom. The summed E-state index contributed by atoms with van der Waals surface area (Å²) in [5.74, 6) is 0.560. The van der Waals surface area contributed by atoms with Crippen LogP contribution in [-0.4, -0.2) is 47.0 Å². The zero-order valence-electron chi connectivity index (χ0n) is 11.3. The third-order valence-corrected chi connectivity index (χ3v) is 4.71. The van der Waals surface area contributed by atoms with Crippen LogP contribution in [0.4, 0.5) is 5.95 Å². The first kappa shape index (κ1) is 15.2. The van der Waals surface area contributed by atoms with E-state index in [1.807, 2.05) is 13.8 Å². The number of nitrogens with one attached hydrogen (secondary N) is 1. The molecule has 2 rings (SSSR count). The van der Waals surface area contributed by atoms with Crippen molar-refractivity contribution in [3.05, 3.63) is 5.28 Å². The summed E-state index contributed by atoms with van der Waals surface area (Å²) in [7, 11) is -2.99. The van der Waals surface area contributed by atoms with Crippen molar-refractivity contribution < 1.29 is 13.2 Å². The number of sulfone groups is 1. The van der Waals surface area contributed by atoms with E-state index in [0.717, 1.165) is 6.42 Å². The molecule has 1 fully saturated rings. The van der Waals surface area contributed by atoms with E-state index >= 15 is 0 Å². The molecule has 1 unspecified atom stereocenters. The lowest BCUT2D eigenvalue weighted by Crippen LogP contribution is -2.35. The summed E-state index contributed by atoms with van der Waals surface area (Å²) in [6.07, 6.45) is 1.30. The highest BCUT2D eigenvalue weighted by atomic mass is 35.5. The third kappa shape index (κ3) is 4.45. The van der Waals surface area contributed by atoms with Crippen molar-refractivity contribution in [1.82, 2.24) is 15.0 Å². The largest absolute Gasteiger partial charge is 0.461 e. The molecular formula is C11H17ClN4O3S. The number of hydrogen-bond acceptors (Lipinski definition) is 7. The third-order valence-electron chi connectivity index (χ3n) is 2.72. The Balaban J connectivity index is 2.10. The second-order valence-electron chi connectivity index (χ2n) is 4.98. The molecule has 7 nitrogen and oxygen atoms in total. The molecule has 112 valence electrons. The zero-order valence-corrected chi connectivity index (χ0v) is 12.9. The molecule has 0 saturated carbocycles. The van der Waals surface area contributed by atoms with E-state index in [1.165, 1.54) is 0 Å². The summed E-state index contributed by atoms with van der Waals surface area (Å²) in [5, 5.41) is 3.00. The Kier molecular flexibility index (Phi) is 4.64. The Labute approximate surface area is 123 Å². The topological polar surface area (TPSA) is 94.1 Å². The van der Waals surface area contributed by atoms with Gasteiger partial charge in [0.25, 0.3) is 0 Å². The van der Waals surface area contributed by atoms with E-state index < -0.39 is 9.84 Å². The molecule has 9 heteroatoms. The quantitative estimate of drug-likeness (QED) is 0.893. The number of halogens is 1. The first-order chi connectivity index (χ1) is 9.34. The van der Waals surface area contributed by atoms with Crippen molar-refractivity contribution in [2.45, 2.75) is 38.8 Å². The van der Waals surface area contributed by atoms with E-state index in [-0.39, 0.29) is 40.9 Å². The Morgan fingerprint density at radius 2 is 2.10 bits per heavy atom. The van der Waals surface area contributed by atoms with Crippen LogP contribution >= 0.6 is 11.6 Å². The van der Waals surface area contributed by atoms with E-state index in [2.05, 4.69) is 20.3 Å². The van der Waals surface area contributed by atoms with E-state index in [4.69, 9.17) is 16.3 Å². The van der Waals surface area contributed by atoms with Gasteiger partial charge in [-0.3, -0.25) is 0 Å². The van der Waals surface area contributed by atoms with Crippen LogP contribution in [0.2, 0.25) is 5.28 Å². The molecule has 0 bridgehead atoms. The second-order valence-corrected chi connectivity index (χ2v) is 7.54. The summed E-state index contributed by atoms with van der Waals surface area (Å²) < 4.78 is 28.5. The van der Waals surface area contributed by atoms with Gasteiger partial charge in [0.15, 0.2) is 9.84 Å². The van der Waals surface area contributed by atoms with Gasteiger partial charge in [-0.25, -0.2) is 8.42 Å². The summed E-state index contributed by atoms with van der Waals surface area (Å²) in [6.45, 7) is 3.69. The SMILES string of the molecule is CC(C)Oc1nc(Cl)nc(NC2CCCS(=O)(=O)C2)n1. The maximum atomic E-state index is 11.6. The van der Waals surface area contributed by atoms with Crippen molar-refractivity contribution in [1.29, 1.82) is 0 Å². The molecule has 1 saturated heterocycles. The highest BCUT2D eigenvalue weighted by Crippen LogP contribution is 2.18. The fourth-order valence-electron chi connectivity index (χ4n) is 1.98. The molecule has 0 spiro atoms. The van der Waals surface area contributed by atoms with Crippen molar-refractivity contribution in [2.24, 2.45) is 0 Å². The van der Waals surface area contributed by atoms with Crippen molar-refractivity contribution in [3.8, 4) is 6.01 Å². The average Bonchev–Trinajstić information content (AvgIpc) is 2.25. The monoisotopic (exact) mass is 320 g/mol. The van der Waals surface area contributed by atoms with Crippen LogP contribution in [0.25, 0.3) is 0 Å². The summed E-state index contributed by atoms with van der Waals surface area (Å²) in [5.41, 5.74) is 0. The summed E-state index contributed by atoms with van der Waals surface area (Å²) >= 11 is 5.81. The van der Waals surface area contributed by atoms with Crippen LogP contribution in [0.15, 0.2) is 0 Å². The maximum Gasteiger partial charge on any atom is 0.322 e. The number of aromatic nitrogens is 3. The number of nitrogens with zero attached hydrogens (tertiary/aromatic N) is 3. The highest BCUT2D eigenvalue weighted by Gasteiger charge is 2.25. The van der Waals surface area contributed by atoms with E-state index in [1.54, 1.807) is 0 Å². The number of ether oxygens (including phenoxy) is 1.